The topological polar surface area (TPSA) is 63.2 Å². The molecule has 1 amide bonds. The molecule has 1 aromatic rings. The number of carbonyl (C=O) groups excluding carboxylic acids is 1. The molecule has 0 aliphatic heterocycles. The van der Waals surface area contributed by atoms with Crippen LogP contribution in [0.15, 0.2) is 18.2 Å². The number of rotatable bonds is 6. The Hall–Kier alpha value is -0.780. The molecule has 0 saturated heterocycles. The van der Waals surface area contributed by atoms with Crippen LogP contribution in [0.3, 0.4) is 0 Å². The molecule has 0 heterocycles. The van der Waals surface area contributed by atoms with E-state index in [0.717, 1.165) is 0 Å². The molecular formula is C14H19Cl2NO3S. The van der Waals surface area contributed by atoms with E-state index in [1.165, 1.54) is 13.0 Å². The van der Waals surface area contributed by atoms with Crippen LogP contribution in [-0.4, -0.2) is 26.1 Å². The second-order valence-corrected chi connectivity index (χ2v) is 8.49. The summed E-state index contributed by atoms with van der Waals surface area (Å²) in [5.74, 6) is -0.525. The fourth-order valence-electron chi connectivity index (χ4n) is 1.59. The summed E-state index contributed by atoms with van der Waals surface area (Å²) in [6.45, 7) is 5.70. The summed E-state index contributed by atoms with van der Waals surface area (Å²) < 4.78 is 24.5. The van der Waals surface area contributed by atoms with E-state index in [1.807, 2.05) is 13.8 Å². The Balaban J connectivity index is 2.83. The maximum absolute atomic E-state index is 12.3. The molecule has 0 fully saturated rings. The molecule has 1 N–H and O–H groups in total. The number of halogens is 2. The first-order chi connectivity index (χ1) is 9.63. The fraction of sp³-hybridized carbons (Fsp3) is 0.500. The highest BCUT2D eigenvalue weighted by molar-refractivity contribution is 7.92. The lowest BCUT2D eigenvalue weighted by molar-refractivity contribution is -0.120. The molecule has 0 saturated carbocycles. The first-order valence-corrected chi connectivity index (χ1v) is 9.04. The highest BCUT2D eigenvalue weighted by Crippen LogP contribution is 2.24. The number of hydrogen-bond acceptors (Lipinski definition) is 3. The van der Waals surface area contributed by atoms with Gasteiger partial charge in [-0.3, -0.25) is 4.79 Å². The first kappa shape index (κ1) is 18.3. The van der Waals surface area contributed by atoms with Crippen molar-refractivity contribution in [2.24, 2.45) is 5.92 Å². The Kier molecular flexibility index (Phi) is 6.50. The quantitative estimate of drug-likeness (QED) is 0.856. The van der Waals surface area contributed by atoms with E-state index in [1.54, 1.807) is 12.1 Å². The third-order valence-electron chi connectivity index (χ3n) is 2.96. The third-order valence-corrected chi connectivity index (χ3v) is 5.56. The highest BCUT2D eigenvalue weighted by Gasteiger charge is 2.28. The van der Waals surface area contributed by atoms with Crippen molar-refractivity contribution in [3.8, 4) is 0 Å². The Morgan fingerprint density at radius 2 is 1.86 bits per heavy atom. The predicted octanol–water partition coefficient (Wildman–Crippen LogP) is 3.07. The molecule has 21 heavy (non-hydrogen) atoms. The average molecular weight is 352 g/mol. The van der Waals surface area contributed by atoms with Gasteiger partial charge in [0.1, 0.15) is 5.25 Å². The number of amides is 1. The lowest BCUT2D eigenvalue weighted by atomic mass is 10.2. The molecule has 0 radical (unpaired) electrons. The summed E-state index contributed by atoms with van der Waals surface area (Å²) >= 11 is 11.7. The minimum atomic E-state index is -3.64. The van der Waals surface area contributed by atoms with Crippen LogP contribution in [0, 0.1) is 5.92 Å². The van der Waals surface area contributed by atoms with Crippen LogP contribution >= 0.6 is 23.2 Å². The Morgan fingerprint density at radius 3 is 2.38 bits per heavy atom. The molecule has 0 bridgehead atoms. The maximum atomic E-state index is 12.3. The van der Waals surface area contributed by atoms with Gasteiger partial charge in [-0.1, -0.05) is 43.1 Å². The van der Waals surface area contributed by atoms with Crippen molar-refractivity contribution >= 4 is 38.9 Å². The number of nitrogens with one attached hydrogen (secondary N) is 1. The fourth-order valence-corrected chi connectivity index (χ4v) is 3.49. The van der Waals surface area contributed by atoms with E-state index in [-0.39, 0.29) is 16.7 Å². The van der Waals surface area contributed by atoms with E-state index < -0.39 is 21.0 Å². The number of sulfone groups is 1. The summed E-state index contributed by atoms with van der Waals surface area (Å²) in [4.78, 5) is 11.9. The van der Waals surface area contributed by atoms with Gasteiger partial charge in [0.15, 0.2) is 9.84 Å². The van der Waals surface area contributed by atoms with E-state index in [2.05, 4.69) is 5.32 Å². The molecule has 118 valence electrons. The van der Waals surface area contributed by atoms with E-state index in [4.69, 9.17) is 23.2 Å². The molecule has 0 aliphatic rings. The first-order valence-electron chi connectivity index (χ1n) is 6.56. The molecule has 0 spiro atoms. The minimum Gasteiger partial charge on any atom is -0.355 e. The molecule has 1 atom stereocenters. The van der Waals surface area contributed by atoms with E-state index in [9.17, 15) is 13.2 Å². The van der Waals surface area contributed by atoms with Gasteiger partial charge in [0.05, 0.1) is 5.75 Å². The molecule has 0 aromatic heterocycles. The maximum Gasteiger partial charge on any atom is 0.238 e. The van der Waals surface area contributed by atoms with Crippen molar-refractivity contribution in [1.82, 2.24) is 5.32 Å². The number of hydrogen-bond donors (Lipinski definition) is 1. The summed E-state index contributed by atoms with van der Waals surface area (Å²) in [5, 5.41) is 2.22. The van der Waals surface area contributed by atoms with Crippen LogP contribution in [-0.2, 0) is 20.4 Å². The van der Waals surface area contributed by atoms with Gasteiger partial charge in [-0.15, -0.1) is 0 Å². The standard InChI is InChI=1S/C14H19Cl2NO3S/c1-9(2)7-17-14(18)10(3)21(19,20)8-11-4-5-12(15)6-13(11)16/h4-6,9-10H,7-8H2,1-3H3,(H,17,18). The summed E-state index contributed by atoms with van der Waals surface area (Å²) in [6.07, 6.45) is 0. The number of carbonyl (C=O) groups is 1. The van der Waals surface area contributed by atoms with Gasteiger partial charge in [-0.05, 0) is 30.5 Å². The second kappa shape index (κ2) is 7.47. The smallest absolute Gasteiger partial charge is 0.238 e. The van der Waals surface area contributed by atoms with Gasteiger partial charge in [-0.25, -0.2) is 8.42 Å². The summed E-state index contributed by atoms with van der Waals surface area (Å²) in [7, 11) is -3.64. The normalized spacial score (nSPS) is 13.2. The molecule has 0 aliphatic carbocycles. The molecule has 4 nitrogen and oxygen atoms in total. The van der Waals surface area contributed by atoms with Crippen molar-refractivity contribution < 1.29 is 13.2 Å². The zero-order valence-electron chi connectivity index (χ0n) is 12.2. The molecular weight excluding hydrogens is 333 g/mol. The second-order valence-electron chi connectivity index (χ2n) is 5.32. The van der Waals surface area contributed by atoms with Crippen molar-refractivity contribution in [3.05, 3.63) is 33.8 Å². The van der Waals surface area contributed by atoms with Gasteiger partial charge < -0.3 is 5.32 Å². The van der Waals surface area contributed by atoms with Gasteiger partial charge in [0.25, 0.3) is 0 Å². The highest BCUT2D eigenvalue weighted by atomic mass is 35.5. The van der Waals surface area contributed by atoms with Gasteiger partial charge in [0, 0.05) is 16.6 Å². The summed E-state index contributed by atoms with van der Waals surface area (Å²) in [5.41, 5.74) is 0.435. The molecule has 7 heteroatoms. The van der Waals surface area contributed by atoms with E-state index in [0.29, 0.717) is 17.1 Å². The van der Waals surface area contributed by atoms with Crippen LogP contribution in [0.5, 0.6) is 0 Å². The molecule has 1 unspecified atom stereocenters. The minimum absolute atomic E-state index is 0.259. The van der Waals surface area contributed by atoms with Crippen LogP contribution in [0.1, 0.15) is 26.3 Å². The number of benzene rings is 1. The van der Waals surface area contributed by atoms with Crippen molar-refractivity contribution in [1.29, 1.82) is 0 Å². The van der Waals surface area contributed by atoms with Crippen LogP contribution < -0.4 is 5.32 Å². The lowest BCUT2D eigenvalue weighted by Crippen LogP contribution is -2.39. The monoisotopic (exact) mass is 351 g/mol. The zero-order chi connectivity index (χ0) is 16.2. The van der Waals surface area contributed by atoms with Crippen molar-refractivity contribution in [2.75, 3.05) is 6.54 Å². The zero-order valence-corrected chi connectivity index (χ0v) is 14.5. The molecule has 1 rings (SSSR count). The SMILES string of the molecule is CC(C)CNC(=O)C(C)S(=O)(=O)Cc1ccc(Cl)cc1Cl. The Labute approximate surface area is 135 Å². The van der Waals surface area contributed by atoms with Crippen molar-refractivity contribution in [2.45, 2.75) is 31.8 Å². The van der Waals surface area contributed by atoms with E-state index >= 15 is 0 Å². The Morgan fingerprint density at radius 1 is 1.24 bits per heavy atom. The van der Waals surface area contributed by atoms with Crippen LogP contribution in [0.2, 0.25) is 10.0 Å². The lowest BCUT2D eigenvalue weighted by Gasteiger charge is -2.15. The van der Waals surface area contributed by atoms with Crippen LogP contribution in [0.25, 0.3) is 0 Å². The van der Waals surface area contributed by atoms with Crippen LogP contribution in [0.4, 0.5) is 0 Å². The Bertz CT molecular complexity index is 615. The third kappa shape index (κ3) is 5.49. The van der Waals surface area contributed by atoms with Gasteiger partial charge in [0.2, 0.25) is 5.91 Å². The molecule has 1 aromatic carbocycles. The van der Waals surface area contributed by atoms with Crippen molar-refractivity contribution in [3.63, 3.8) is 0 Å². The summed E-state index contributed by atoms with van der Waals surface area (Å²) in [6, 6.07) is 4.61. The van der Waals surface area contributed by atoms with Gasteiger partial charge >= 0.3 is 0 Å². The average Bonchev–Trinajstić information content (AvgIpc) is 2.38. The van der Waals surface area contributed by atoms with Gasteiger partial charge in [-0.2, -0.15) is 0 Å². The predicted molar refractivity (Wildman–Crippen MR) is 86.4 cm³/mol. The largest absolute Gasteiger partial charge is 0.355 e.